The zero-order valence-electron chi connectivity index (χ0n) is 16.8. The molecule has 1 atom stereocenters. The van der Waals surface area contributed by atoms with Crippen LogP contribution in [0.5, 0.6) is 0 Å². The van der Waals surface area contributed by atoms with E-state index in [9.17, 15) is 13.6 Å². The van der Waals surface area contributed by atoms with Gasteiger partial charge in [0.15, 0.2) is 5.25 Å². The molecule has 1 unspecified atom stereocenters. The molecule has 0 bridgehead atoms. The lowest BCUT2D eigenvalue weighted by atomic mass is 9.87. The van der Waals surface area contributed by atoms with Crippen LogP contribution in [-0.4, -0.2) is 70.0 Å². The van der Waals surface area contributed by atoms with E-state index in [4.69, 9.17) is 21.6 Å². The summed E-state index contributed by atoms with van der Waals surface area (Å²) in [4.78, 5) is 13.9. The second-order valence-electron chi connectivity index (χ2n) is 7.72. The highest BCUT2D eigenvalue weighted by molar-refractivity contribution is 7.96. The molecule has 1 saturated heterocycles. The third-order valence-electron chi connectivity index (χ3n) is 5.57. The summed E-state index contributed by atoms with van der Waals surface area (Å²) in [6, 6.07) is 0. The molecule has 2 aliphatic rings. The van der Waals surface area contributed by atoms with E-state index in [1.54, 1.807) is 18.2 Å². The third kappa shape index (κ3) is 5.31. The average Bonchev–Trinajstić information content (AvgIpc) is 2.68. The predicted molar refractivity (Wildman–Crippen MR) is 110 cm³/mol. The van der Waals surface area contributed by atoms with E-state index in [2.05, 4.69) is 0 Å². The molecule has 6 N–H and O–H groups in total. The fourth-order valence-corrected chi connectivity index (χ4v) is 4.97. The summed E-state index contributed by atoms with van der Waals surface area (Å²) >= 11 is 0. The van der Waals surface area contributed by atoms with Crippen molar-refractivity contribution in [3.63, 3.8) is 0 Å². The van der Waals surface area contributed by atoms with Gasteiger partial charge in [-0.05, 0) is 56.2 Å². The number of nitrogens with one attached hydrogen (secondary N) is 1. The van der Waals surface area contributed by atoms with Crippen LogP contribution in [0, 0.1) is 11.3 Å². The molecule has 1 heterocycles. The number of hydrogen-bond acceptors (Lipinski definition) is 6. The van der Waals surface area contributed by atoms with Crippen molar-refractivity contribution in [3.8, 4) is 0 Å². The molecule has 28 heavy (non-hydrogen) atoms. The standard InChI is InChI=1S/C18H33N5O4S/c1-13(2)28(25,26)23-9-7-22(8-10-23)16(12-20)17(18(21)24)27-15-5-3-14(11-19)4-6-15/h12-15,20H,3-11,19H2,1-2H3,(H2-,21,24,25,26)/p+1/b17-16-,20-12?. The summed E-state index contributed by atoms with van der Waals surface area (Å²) < 4.78 is 30.2. The number of hydrogen-bond donors (Lipinski definition) is 4. The summed E-state index contributed by atoms with van der Waals surface area (Å²) in [5, 5.41) is 7.42. The Morgan fingerprint density at radius 3 is 2.25 bits per heavy atom. The number of rotatable bonds is 8. The molecule has 160 valence electrons. The second kappa shape index (κ2) is 9.82. The van der Waals surface area contributed by atoms with Crippen LogP contribution in [-0.2, 0) is 24.1 Å². The van der Waals surface area contributed by atoms with Gasteiger partial charge in [0.25, 0.3) is 16.3 Å². The van der Waals surface area contributed by atoms with Crippen molar-refractivity contribution in [2.75, 3.05) is 32.7 Å². The topological polar surface area (TPSA) is 146 Å². The zero-order chi connectivity index (χ0) is 20.9. The molecular weight excluding hydrogens is 382 g/mol. The molecule has 1 saturated carbocycles. The number of primary amides is 1. The Morgan fingerprint density at radius 2 is 1.82 bits per heavy atom. The molecule has 10 heteroatoms. The van der Waals surface area contributed by atoms with Crippen molar-refractivity contribution in [1.82, 2.24) is 9.21 Å². The van der Waals surface area contributed by atoms with Gasteiger partial charge in [0.1, 0.15) is 5.70 Å². The van der Waals surface area contributed by atoms with Crippen LogP contribution in [0.15, 0.2) is 11.5 Å². The van der Waals surface area contributed by atoms with Crippen molar-refractivity contribution < 1.29 is 18.3 Å². The van der Waals surface area contributed by atoms with Crippen molar-refractivity contribution in [2.45, 2.75) is 50.9 Å². The number of carbonyl (C=O) groups excluding carboxylic acids is 1. The Balaban J connectivity index is 2.09. The summed E-state index contributed by atoms with van der Waals surface area (Å²) in [6.45, 7) is 5.64. The van der Waals surface area contributed by atoms with Crippen LogP contribution < -0.4 is 11.5 Å². The van der Waals surface area contributed by atoms with Crippen LogP contribution in [0.2, 0.25) is 0 Å². The van der Waals surface area contributed by atoms with Gasteiger partial charge in [-0.1, -0.05) is 4.31 Å². The first kappa shape index (κ1) is 22.8. The molecule has 1 amide bonds. The highest BCUT2D eigenvalue weighted by Gasteiger charge is 2.41. The summed E-state index contributed by atoms with van der Waals surface area (Å²) in [5.74, 6) is -0.200. The van der Waals surface area contributed by atoms with Gasteiger partial charge in [-0.25, -0.2) is 0 Å². The van der Waals surface area contributed by atoms with Gasteiger partial charge in [-0.15, -0.1) is 0 Å². The third-order valence-corrected chi connectivity index (χ3v) is 7.90. The van der Waals surface area contributed by atoms with Gasteiger partial charge < -0.3 is 26.5 Å². The molecule has 0 aromatic carbocycles. The molecule has 2 fully saturated rings. The first-order valence-electron chi connectivity index (χ1n) is 9.87. The molecule has 0 aromatic heterocycles. The van der Waals surface area contributed by atoms with Crippen molar-refractivity contribution in [1.29, 1.82) is 5.41 Å². The minimum absolute atomic E-state index is 0.00763. The van der Waals surface area contributed by atoms with Crippen LogP contribution in [0.1, 0.15) is 39.5 Å². The normalized spacial score (nSPS) is 27.1. The van der Waals surface area contributed by atoms with Gasteiger partial charge in [-0.3, -0.25) is 4.79 Å². The van der Waals surface area contributed by atoms with Crippen molar-refractivity contribution in [3.05, 3.63) is 11.5 Å². The Bertz CT molecular complexity index is 638. The monoisotopic (exact) mass is 416 g/mol. The number of nitrogens with two attached hydrogens (primary N) is 2. The number of amides is 1. The van der Waals surface area contributed by atoms with Crippen LogP contribution in [0.3, 0.4) is 0 Å². The van der Waals surface area contributed by atoms with Crippen molar-refractivity contribution in [2.24, 2.45) is 17.4 Å². The minimum Gasteiger partial charge on any atom is -0.483 e. The Kier molecular flexibility index (Phi) is 7.99. The SMILES string of the molecule is CC(C)[S+](=O)(O)N1CCN(/C(C=N)=C(\OC2CCC(CN)CC2)C(N)=O)CC1. The molecule has 2 rings (SSSR count). The first-order chi connectivity index (χ1) is 13.2. The van der Waals surface area contributed by atoms with E-state index >= 15 is 0 Å². The highest BCUT2D eigenvalue weighted by atomic mass is 32.3. The van der Waals surface area contributed by atoms with Gasteiger partial charge >= 0.3 is 0 Å². The minimum atomic E-state index is -3.07. The number of allylic oxidation sites excluding steroid dienone is 1. The Morgan fingerprint density at radius 1 is 1.25 bits per heavy atom. The number of ether oxygens (including phenoxy) is 1. The van der Waals surface area contributed by atoms with Crippen LogP contribution >= 0.6 is 0 Å². The Labute approximate surface area is 168 Å². The Hall–Kier alpha value is -1.49. The van der Waals surface area contributed by atoms with E-state index < -0.39 is 16.3 Å². The van der Waals surface area contributed by atoms with E-state index in [1.165, 1.54) is 0 Å². The number of piperazine rings is 1. The maximum atomic E-state index is 12.4. The van der Waals surface area contributed by atoms with E-state index in [0.717, 1.165) is 31.9 Å². The first-order valence-corrected chi connectivity index (χ1v) is 11.4. The lowest BCUT2D eigenvalue weighted by Gasteiger charge is -2.36. The smallest absolute Gasteiger partial charge is 0.293 e. The van der Waals surface area contributed by atoms with Crippen LogP contribution in [0.4, 0.5) is 0 Å². The summed E-state index contributed by atoms with van der Waals surface area (Å²) in [6.07, 6.45) is 4.48. The lowest BCUT2D eigenvalue weighted by molar-refractivity contribution is -0.119. The molecule has 1 aliphatic heterocycles. The van der Waals surface area contributed by atoms with E-state index in [1.807, 2.05) is 4.90 Å². The second-order valence-corrected chi connectivity index (χ2v) is 10.3. The summed E-state index contributed by atoms with van der Waals surface area (Å²) in [7, 11) is -3.07. The fraction of sp³-hybridized carbons (Fsp3) is 0.778. The lowest BCUT2D eigenvalue weighted by Crippen LogP contribution is -2.53. The molecular formula is C18H34N5O4S+. The quantitative estimate of drug-likeness (QED) is 0.199. The maximum absolute atomic E-state index is 12.4. The molecule has 0 spiro atoms. The maximum Gasteiger partial charge on any atom is 0.293 e. The molecule has 0 aromatic rings. The fourth-order valence-electron chi connectivity index (χ4n) is 3.69. The predicted octanol–water partition coefficient (Wildman–Crippen LogP) is 0.780. The van der Waals surface area contributed by atoms with Gasteiger partial charge in [0.2, 0.25) is 5.76 Å². The largest absolute Gasteiger partial charge is 0.483 e. The van der Waals surface area contributed by atoms with Gasteiger partial charge in [0.05, 0.1) is 19.2 Å². The molecule has 9 nitrogen and oxygen atoms in total. The molecule has 1 aliphatic carbocycles. The summed E-state index contributed by atoms with van der Waals surface area (Å²) in [5.41, 5.74) is 11.6. The van der Waals surface area contributed by atoms with E-state index in [0.29, 0.717) is 44.3 Å². The number of carbonyl (C=O) groups is 1. The van der Waals surface area contributed by atoms with E-state index in [-0.39, 0.29) is 17.1 Å². The van der Waals surface area contributed by atoms with Gasteiger partial charge in [0, 0.05) is 19.3 Å². The van der Waals surface area contributed by atoms with Crippen LogP contribution in [0.25, 0.3) is 0 Å². The van der Waals surface area contributed by atoms with Gasteiger partial charge in [-0.2, -0.15) is 4.55 Å². The zero-order valence-corrected chi connectivity index (χ0v) is 17.6. The number of nitrogens with zero attached hydrogens (tertiary/aromatic N) is 2. The molecule has 0 radical (unpaired) electrons. The van der Waals surface area contributed by atoms with Crippen molar-refractivity contribution >= 4 is 22.5 Å². The highest BCUT2D eigenvalue weighted by Crippen LogP contribution is 2.28. The average molecular weight is 417 g/mol.